The highest BCUT2D eigenvalue weighted by molar-refractivity contribution is 6.03. The second kappa shape index (κ2) is 10.2. The van der Waals surface area contributed by atoms with E-state index in [1.807, 2.05) is 85.7 Å². The molecule has 0 saturated carbocycles. The molecule has 0 aliphatic rings. The number of carbonyl (C=O) groups is 1. The number of rotatable bonds is 8. The van der Waals surface area contributed by atoms with E-state index >= 15 is 0 Å². The summed E-state index contributed by atoms with van der Waals surface area (Å²) < 4.78 is 27.7. The van der Waals surface area contributed by atoms with E-state index in [0.29, 0.717) is 36.0 Å². The molecule has 0 amide bonds. The second-order valence-electron chi connectivity index (χ2n) is 8.95. The van der Waals surface area contributed by atoms with Gasteiger partial charge in [0.05, 0.1) is 17.7 Å². The highest BCUT2D eigenvalue weighted by Crippen LogP contribution is 2.44. The van der Waals surface area contributed by atoms with Crippen LogP contribution in [0.5, 0.6) is 11.6 Å². The third-order valence-corrected chi connectivity index (χ3v) is 6.35. The van der Waals surface area contributed by atoms with Crippen LogP contribution >= 0.6 is 0 Å². The van der Waals surface area contributed by atoms with Crippen LogP contribution in [0.4, 0.5) is 14.9 Å². The summed E-state index contributed by atoms with van der Waals surface area (Å²) in [4.78, 5) is 13.7. The average Bonchev–Trinajstić information content (AvgIpc) is 3.17. The van der Waals surface area contributed by atoms with E-state index in [4.69, 9.17) is 9.47 Å². The molecule has 0 saturated heterocycles. The van der Waals surface area contributed by atoms with Gasteiger partial charge in [-0.15, -0.1) is 0 Å². The maximum Gasteiger partial charge on any atom is 0.512 e. The summed E-state index contributed by atoms with van der Waals surface area (Å²) >= 11 is 0. The SMILES string of the molecule is CN(C)c1ccccc1-c1c(OC(=O)O)n(CCCOc2cccc3ccccc23)c2ccc(F)cc12. The molecule has 6 nitrogen and oxygen atoms in total. The molecular formula is C30H27FN2O4. The summed E-state index contributed by atoms with van der Waals surface area (Å²) in [5.41, 5.74) is 2.84. The first kappa shape index (κ1) is 24.2. The number of hydrogen-bond acceptors (Lipinski definition) is 4. The first-order valence-electron chi connectivity index (χ1n) is 12.0. The van der Waals surface area contributed by atoms with Crippen LogP contribution in [-0.2, 0) is 6.54 Å². The number of hydrogen-bond donors (Lipinski definition) is 1. The number of ether oxygens (including phenoxy) is 2. The van der Waals surface area contributed by atoms with E-state index in [1.54, 1.807) is 10.6 Å². The molecule has 0 fully saturated rings. The number of anilines is 1. The molecule has 1 N–H and O–H groups in total. The Kier molecular flexibility index (Phi) is 6.68. The molecule has 1 heterocycles. The summed E-state index contributed by atoms with van der Waals surface area (Å²) in [6.07, 6.45) is -0.852. The molecule has 0 aliphatic carbocycles. The van der Waals surface area contributed by atoms with Crippen molar-refractivity contribution in [1.82, 2.24) is 4.57 Å². The number of halogens is 1. The molecule has 0 bridgehead atoms. The van der Waals surface area contributed by atoms with Crippen LogP contribution in [0.3, 0.4) is 0 Å². The van der Waals surface area contributed by atoms with Crippen molar-refractivity contribution in [2.24, 2.45) is 0 Å². The van der Waals surface area contributed by atoms with Gasteiger partial charge in [-0.3, -0.25) is 0 Å². The molecule has 37 heavy (non-hydrogen) atoms. The lowest BCUT2D eigenvalue weighted by Gasteiger charge is -2.18. The summed E-state index contributed by atoms with van der Waals surface area (Å²) in [7, 11) is 3.81. The smallest absolute Gasteiger partial charge is 0.493 e. The van der Waals surface area contributed by atoms with Crippen molar-refractivity contribution < 1.29 is 23.8 Å². The van der Waals surface area contributed by atoms with E-state index in [0.717, 1.165) is 27.8 Å². The number of para-hydroxylation sites is 1. The number of aryl methyl sites for hydroxylation is 1. The summed E-state index contributed by atoms with van der Waals surface area (Å²) in [5.74, 6) is 0.544. The van der Waals surface area contributed by atoms with Gasteiger partial charge in [0.1, 0.15) is 11.6 Å². The number of carboxylic acid groups (broad SMARTS) is 1. The highest BCUT2D eigenvalue weighted by Gasteiger charge is 2.24. The molecule has 7 heteroatoms. The maximum atomic E-state index is 14.4. The number of fused-ring (bicyclic) bond motifs is 2. The number of benzene rings is 4. The van der Waals surface area contributed by atoms with Crippen molar-refractivity contribution in [3.8, 4) is 22.8 Å². The van der Waals surface area contributed by atoms with E-state index < -0.39 is 12.0 Å². The predicted molar refractivity (Wildman–Crippen MR) is 144 cm³/mol. The molecule has 0 unspecified atom stereocenters. The summed E-state index contributed by atoms with van der Waals surface area (Å²) in [5, 5.41) is 12.3. The molecule has 5 rings (SSSR count). The van der Waals surface area contributed by atoms with Crippen molar-refractivity contribution in [3.63, 3.8) is 0 Å². The molecule has 5 aromatic rings. The van der Waals surface area contributed by atoms with Gasteiger partial charge in [0.25, 0.3) is 0 Å². The minimum absolute atomic E-state index is 0.160. The molecule has 4 aromatic carbocycles. The van der Waals surface area contributed by atoms with Crippen LogP contribution in [0.1, 0.15) is 6.42 Å². The van der Waals surface area contributed by atoms with E-state index in [9.17, 15) is 14.3 Å². The zero-order chi connectivity index (χ0) is 25.9. The second-order valence-corrected chi connectivity index (χ2v) is 8.95. The first-order chi connectivity index (χ1) is 17.9. The average molecular weight is 499 g/mol. The van der Waals surface area contributed by atoms with Crippen molar-refractivity contribution in [1.29, 1.82) is 0 Å². The fourth-order valence-electron chi connectivity index (χ4n) is 4.78. The van der Waals surface area contributed by atoms with Gasteiger partial charge >= 0.3 is 6.16 Å². The molecule has 188 valence electrons. The van der Waals surface area contributed by atoms with Crippen LogP contribution < -0.4 is 14.4 Å². The number of nitrogens with zero attached hydrogens (tertiary/aromatic N) is 2. The molecule has 0 spiro atoms. The largest absolute Gasteiger partial charge is 0.512 e. The van der Waals surface area contributed by atoms with Crippen molar-refractivity contribution in [2.75, 3.05) is 25.6 Å². The fraction of sp³-hybridized carbons (Fsp3) is 0.167. The normalized spacial score (nSPS) is 11.1. The third kappa shape index (κ3) is 4.80. The Morgan fingerprint density at radius 2 is 1.70 bits per heavy atom. The summed E-state index contributed by atoms with van der Waals surface area (Å²) in [6, 6.07) is 26.0. The van der Waals surface area contributed by atoms with Gasteiger partial charge in [0.2, 0.25) is 5.88 Å². The minimum atomic E-state index is -1.43. The van der Waals surface area contributed by atoms with Crippen molar-refractivity contribution in [3.05, 3.63) is 90.7 Å². The van der Waals surface area contributed by atoms with Gasteiger partial charge in [-0.2, -0.15) is 0 Å². The molecule has 0 atom stereocenters. The Bertz CT molecular complexity index is 1590. The standard InChI is InChI=1S/C30H27FN2O4/c1-32(2)25-13-6-5-12-23(25)28-24-19-21(31)15-16-26(24)33(29(28)37-30(34)35)17-8-18-36-27-14-7-10-20-9-3-4-11-22(20)27/h3-7,9-16,19H,8,17-18H2,1-2H3,(H,34,35). The molecule has 0 radical (unpaired) electrons. The van der Waals surface area contributed by atoms with Gasteiger partial charge in [-0.1, -0.05) is 54.6 Å². The minimum Gasteiger partial charge on any atom is -0.493 e. The van der Waals surface area contributed by atoms with Gasteiger partial charge in [0.15, 0.2) is 0 Å². The quantitative estimate of drug-likeness (QED) is 0.181. The monoisotopic (exact) mass is 498 g/mol. The highest BCUT2D eigenvalue weighted by atomic mass is 19.1. The Balaban J connectivity index is 1.52. The topological polar surface area (TPSA) is 63.9 Å². The Morgan fingerprint density at radius 1 is 0.946 bits per heavy atom. The molecule has 0 aliphatic heterocycles. The first-order valence-corrected chi connectivity index (χ1v) is 12.0. The van der Waals surface area contributed by atoms with Gasteiger partial charge in [0, 0.05) is 42.7 Å². The summed E-state index contributed by atoms with van der Waals surface area (Å²) in [6.45, 7) is 0.824. The molecular weight excluding hydrogens is 471 g/mol. The third-order valence-electron chi connectivity index (χ3n) is 6.35. The predicted octanol–water partition coefficient (Wildman–Crippen LogP) is 7.19. The lowest BCUT2D eigenvalue weighted by Crippen LogP contribution is -2.12. The van der Waals surface area contributed by atoms with Gasteiger partial charge in [-0.25, -0.2) is 9.18 Å². The van der Waals surface area contributed by atoms with Gasteiger partial charge in [-0.05, 0) is 42.1 Å². The Labute approximate surface area is 214 Å². The van der Waals surface area contributed by atoms with Crippen LogP contribution in [0, 0.1) is 5.82 Å². The van der Waals surface area contributed by atoms with Crippen LogP contribution in [0.15, 0.2) is 84.9 Å². The zero-order valence-electron chi connectivity index (χ0n) is 20.6. The van der Waals surface area contributed by atoms with Gasteiger partial charge < -0.3 is 24.0 Å². The van der Waals surface area contributed by atoms with Crippen LogP contribution in [0.25, 0.3) is 32.8 Å². The maximum absolute atomic E-state index is 14.4. The Morgan fingerprint density at radius 3 is 2.51 bits per heavy atom. The van der Waals surface area contributed by atoms with E-state index in [2.05, 4.69) is 0 Å². The van der Waals surface area contributed by atoms with Crippen molar-refractivity contribution in [2.45, 2.75) is 13.0 Å². The fourth-order valence-corrected chi connectivity index (χ4v) is 4.78. The molecule has 1 aromatic heterocycles. The lowest BCUT2D eigenvalue weighted by molar-refractivity contribution is 0.141. The van der Waals surface area contributed by atoms with E-state index in [-0.39, 0.29) is 5.88 Å². The van der Waals surface area contributed by atoms with Crippen LogP contribution in [-0.4, -0.2) is 36.5 Å². The van der Waals surface area contributed by atoms with Crippen LogP contribution in [0.2, 0.25) is 0 Å². The Hall–Kier alpha value is -4.52. The van der Waals surface area contributed by atoms with E-state index in [1.165, 1.54) is 12.1 Å². The van der Waals surface area contributed by atoms with Crippen molar-refractivity contribution >= 4 is 33.5 Å². The zero-order valence-corrected chi connectivity index (χ0v) is 20.6. The lowest BCUT2D eigenvalue weighted by atomic mass is 10.0. The number of aromatic nitrogens is 1.